The number of hydrogen-bond donors (Lipinski definition) is 6. The Balaban J connectivity index is 0.00000220. The summed E-state index contributed by atoms with van der Waals surface area (Å²) in [6, 6.07) is 12.2. The molecule has 0 amide bonds. The lowest BCUT2D eigenvalue weighted by molar-refractivity contribution is 0.864. The van der Waals surface area contributed by atoms with Crippen molar-refractivity contribution in [2.75, 3.05) is 0 Å². The van der Waals surface area contributed by atoms with Gasteiger partial charge in [-0.1, -0.05) is 36.4 Å². The van der Waals surface area contributed by atoms with Gasteiger partial charge in [0.15, 0.2) is 10.3 Å². The summed E-state index contributed by atoms with van der Waals surface area (Å²) in [7, 11) is 0. The molecule has 120 valence electrons. The van der Waals surface area contributed by atoms with E-state index in [9.17, 15) is 0 Å². The predicted octanol–water partition coefficient (Wildman–Crippen LogP) is 3.90. The van der Waals surface area contributed by atoms with E-state index >= 15 is 0 Å². The third-order valence-electron chi connectivity index (χ3n) is 3.02. The van der Waals surface area contributed by atoms with Crippen LogP contribution in [0.1, 0.15) is 11.1 Å². The van der Waals surface area contributed by atoms with Gasteiger partial charge >= 0.3 is 0 Å². The summed E-state index contributed by atoms with van der Waals surface area (Å²) >= 11 is 7.88. The van der Waals surface area contributed by atoms with Crippen LogP contribution in [0.15, 0.2) is 36.4 Å². The van der Waals surface area contributed by atoms with Crippen LogP contribution in [0, 0.1) is 10.8 Å². The van der Waals surface area contributed by atoms with Crippen LogP contribution in [-0.4, -0.2) is 10.3 Å². The minimum absolute atomic E-state index is 0. The van der Waals surface area contributed by atoms with Gasteiger partial charge in [0.25, 0.3) is 0 Å². The standard InChI is InChI=1S/C14H16N4S2.2BrH/c15-13(19)17-7-10-6-5-9-3-1-2-4-11(9)12(10)8-18-14(16)20;;/h1-6H,7-8H2,(H3,15,17,19)(H3,16,18,20);2*1H. The molecule has 2 rings (SSSR count). The quantitative estimate of drug-likeness (QED) is 0.235. The van der Waals surface area contributed by atoms with Crippen molar-refractivity contribution in [3.8, 4) is 0 Å². The maximum atomic E-state index is 7.38. The van der Waals surface area contributed by atoms with Crippen LogP contribution in [0.2, 0.25) is 0 Å². The number of hydrogen-bond acceptors (Lipinski definition) is 2. The Labute approximate surface area is 161 Å². The fourth-order valence-electron chi connectivity index (χ4n) is 2.11. The van der Waals surface area contributed by atoms with Crippen LogP contribution in [0.25, 0.3) is 10.8 Å². The van der Waals surface area contributed by atoms with Crippen LogP contribution in [0.4, 0.5) is 0 Å². The second-order valence-electron chi connectivity index (χ2n) is 4.33. The maximum Gasteiger partial charge on any atom is 0.150 e. The summed E-state index contributed by atoms with van der Waals surface area (Å²) in [6.45, 7) is 1.06. The van der Waals surface area contributed by atoms with Crippen molar-refractivity contribution in [3.05, 3.63) is 47.5 Å². The van der Waals surface area contributed by atoms with Gasteiger partial charge in [0.05, 0.1) is 0 Å². The first-order valence-corrected chi connectivity index (χ1v) is 6.99. The van der Waals surface area contributed by atoms with Crippen molar-refractivity contribution in [3.63, 3.8) is 0 Å². The first-order valence-electron chi connectivity index (χ1n) is 6.10. The van der Waals surface area contributed by atoms with E-state index in [4.69, 9.17) is 10.8 Å². The molecule has 0 aliphatic heterocycles. The van der Waals surface area contributed by atoms with Crippen LogP contribution < -0.4 is 10.6 Å². The third kappa shape index (κ3) is 5.83. The molecule has 2 aromatic carbocycles. The summed E-state index contributed by atoms with van der Waals surface area (Å²) in [5.41, 5.74) is 2.17. The van der Waals surface area contributed by atoms with Crippen LogP contribution in [-0.2, 0) is 13.1 Å². The van der Waals surface area contributed by atoms with Gasteiger partial charge in [0.1, 0.15) is 0 Å². The molecule has 4 N–H and O–H groups in total. The van der Waals surface area contributed by atoms with Gasteiger partial charge in [-0.05, 0) is 21.9 Å². The molecule has 0 bridgehead atoms. The molecule has 0 saturated heterocycles. The van der Waals surface area contributed by atoms with Gasteiger partial charge in [-0.3, -0.25) is 10.8 Å². The third-order valence-corrected chi connectivity index (χ3v) is 3.33. The lowest BCUT2D eigenvalue weighted by Crippen LogP contribution is -2.21. The van der Waals surface area contributed by atoms with Gasteiger partial charge in [-0.15, -0.1) is 59.2 Å². The van der Waals surface area contributed by atoms with E-state index < -0.39 is 0 Å². The highest BCUT2D eigenvalue weighted by molar-refractivity contribution is 8.93. The predicted molar refractivity (Wildman–Crippen MR) is 112 cm³/mol. The number of benzene rings is 2. The van der Waals surface area contributed by atoms with Crippen LogP contribution in [0.5, 0.6) is 0 Å². The summed E-state index contributed by atoms with van der Waals surface area (Å²) in [5.74, 6) is 0. The van der Waals surface area contributed by atoms with Gasteiger partial charge in [-0.25, -0.2) is 0 Å². The highest BCUT2D eigenvalue weighted by Gasteiger charge is 2.08. The van der Waals surface area contributed by atoms with Crippen molar-refractivity contribution in [1.82, 2.24) is 10.6 Å². The van der Waals surface area contributed by atoms with Gasteiger partial charge in [0, 0.05) is 13.1 Å². The maximum absolute atomic E-state index is 7.38. The Morgan fingerprint density at radius 2 is 1.45 bits per heavy atom. The van der Waals surface area contributed by atoms with E-state index in [1.54, 1.807) is 0 Å². The molecule has 0 radical (unpaired) electrons. The Kier molecular flexibility index (Phi) is 9.82. The number of amidine groups is 2. The Morgan fingerprint density at radius 1 is 0.864 bits per heavy atom. The summed E-state index contributed by atoms with van der Waals surface area (Å²) < 4.78 is 0. The molecule has 0 atom stereocenters. The first kappa shape index (κ1) is 21.3. The summed E-state index contributed by atoms with van der Waals surface area (Å²) in [4.78, 5) is 0. The van der Waals surface area contributed by atoms with Gasteiger partial charge < -0.3 is 10.6 Å². The van der Waals surface area contributed by atoms with Crippen LogP contribution in [0.3, 0.4) is 0 Å². The van der Waals surface area contributed by atoms with E-state index in [2.05, 4.69) is 54.1 Å². The van der Waals surface area contributed by atoms with Gasteiger partial charge in [-0.2, -0.15) is 0 Å². The van der Waals surface area contributed by atoms with E-state index in [0.717, 1.165) is 21.9 Å². The highest BCUT2D eigenvalue weighted by atomic mass is 79.9. The van der Waals surface area contributed by atoms with Crippen molar-refractivity contribution in [1.29, 1.82) is 10.8 Å². The fraction of sp³-hybridized carbons (Fsp3) is 0.143. The molecule has 0 heterocycles. The average molecular weight is 466 g/mol. The Hall–Kier alpha value is -0.700. The van der Waals surface area contributed by atoms with Crippen molar-refractivity contribution in [2.24, 2.45) is 0 Å². The van der Waals surface area contributed by atoms with Gasteiger partial charge in [0.2, 0.25) is 0 Å². The normalized spacial score (nSPS) is 9.36. The summed E-state index contributed by atoms with van der Waals surface area (Å²) in [6.07, 6.45) is 0. The van der Waals surface area contributed by atoms with E-state index in [0.29, 0.717) is 13.1 Å². The average Bonchev–Trinajstić information content (AvgIpc) is 2.42. The minimum Gasteiger partial charge on any atom is -0.361 e. The molecule has 0 aromatic heterocycles. The van der Waals surface area contributed by atoms with Crippen molar-refractivity contribution in [2.45, 2.75) is 13.1 Å². The van der Waals surface area contributed by atoms with Crippen LogP contribution >= 0.6 is 59.2 Å². The Bertz CT molecular complexity index is 664. The number of fused-ring (bicyclic) bond motifs is 1. The molecule has 22 heavy (non-hydrogen) atoms. The monoisotopic (exact) mass is 464 g/mol. The number of thiol groups is 2. The van der Waals surface area contributed by atoms with E-state index in [-0.39, 0.29) is 44.3 Å². The molecule has 0 saturated carbocycles. The Morgan fingerprint density at radius 3 is 2.09 bits per heavy atom. The molecule has 0 aliphatic carbocycles. The molecule has 2 aromatic rings. The molecule has 4 nitrogen and oxygen atoms in total. The first-order chi connectivity index (χ1) is 9.58. The lowest BCUT2D eigenvalue weighted by atomic mass is 9.98. The highest BCUT2D eigenvalue weighted by Crippen LogP contribution is 2.22. The van der Waals surface area contributed by atoms with E-state index in [1.165, 1.54) is 0 Å². The second kappa shape index (κ2) is 10.1. The van der Waals surface area contributed by atoms with Crippen molar-refractivity contribution >= 4 is 80.3 Å². The second-order valence-corrected chi connectivity index (χ2v) is 5.22. The number of rotatable bonds is 4. The fourth-order valence-corrected chi connectivity index (χ4v) is 2.26. The molecule has 0 fully saturated rings. The smallest absolute Gasteiger partial charge is 0.150 e. The lowest BCUT2D eigenvalue weighted by Gasteiger charge is -2.14. The molecule has 0 spiro atoms. The zero-order valence-corrected chi connectivity index (χ0v) is 16.8. The zero-order valence-electron chi connectivity index (χ0n) is 11.6. The molecular weight excluding hydrogens is 448 g/mol. The SMILES string of the molecule is Br.Br.N=C(S)NCc1ccc2ccccc2c1CNC(=N)S. The van der Waals surface area contributed by atoms with E-state index in [1.807, 2.05) is 18.2 Å². The summed E-state index contributed by atoms with van der Waals surface area (Å²) in [5, 5.41) is 23.1. The molecule has 0 unspecified atom stereocenters. The topological polar surface area (TPSA) is 71.8 Å². The molecular formula is C14H18Br2N4S2. The zero-order chi connectivity index (χ0) is 14.5. The molecule has 0 aliphatic rings. The number of halogens is 2. The number of nitrogens with one attached hydrogen (secondary N) is 4. The minimum atomic E-state index is 0. The molecule has 8 heteroatoms. The largest absolute Gasteiger partial charge is 0.361 e. The van der Waals surface area contributed by atoms with Crippen molar-refractivity contribution < 1.29 is 0 Å².